The Balaban J connectivity index is 4.51. The second-order valence-electron chi connectivity index (χ2n) is 2.79. The van der Waals surface area contributed by atoms with Crippen LogP contribution >= 0.6 is 0 Å². The first kappa shape index (κ1) is 13.8. The van der Waals surface area contributed by atoms with Crippen LogP contribution < -0.4 is 0 Å². The van der Waals surface area contributed by atoms with Gasteiger partial charge in [0.15, 0.2) is 0 Å². The zero-order valence-electron chi connectivity index (χ0n) is 9.23. The summed E-state index contributed by atoms with van der Waals surface area (Å²) in [5, 5.41) is 0. The molecule has 16 heavy (non-hydrogen) atoms. The Morgan fingerprint density at radius 1 is 1.19 bits per heavy atom. The number of rotatable bonds is 4. The van der Waals surface area contributed by atoms with Gasteiger partial charge in [-0.3, -0.25) is 14.5 Å². The molecule has 0 aromatic carbocycles. The Bertz CT molecular complexity index is 368. The largest absolute Gasteiger partial charge is 0.465 e. The molecule has 2 amide bonds. The van der Waals surface area contributed by atoms with Crippen LogP contribution in [0.2, 0.25) is 0 Å². The lowest BCUT2D eigenvalue weighted by Gasteiger charge is -2.09. The van der Waals surface area contributed by atoms with Gasteiger partial charge in [-0.25, -0.2) is 4.79 Å². The van der Waals surface area contributed by atoms with E-state index in [4.69, 9.17) is 0 Å². The van der Waals surface area contributed by atoms with Crippen LogP contribution in [-0.4, -0.2) is 36.8 Å². The maximum Gasteiger partial charge on any atom is 0.337 e. The maximum absolute atomic E-state index is 11.3. The van der Waals surface area contributed by atoms with Gasteiger partial charge in [0.05, 0.1) is 12.7 Å². The van der Waals surface area contributed by atoms with E-state index in [0.717, 1.165) is 17.1 Å². The fraction of sp³-hybridized carbons (Fsp3) is 0.182. The minimum Gasteiger partial charge on any atom is -0.465 e. The van der Waals surface area contributed by atoms with Crippen LogP contribution in [-0.2, 0) is 19.1 Å². The lowest BCUT2D eigenvalue weighted by molar-refractivity contribution is -0.137. The van der Waals surface area contributed by atoms with Crippen molar-refractivity contribution in [1.29, 1.82) is 0 Å². The van der Waals surface area contributed by atoms with Gasteiger partial charge in [0.25, 0.3) is 11.8 Å². The Morgan fingerprint density at radius 3 is 2.19 bits per heavy atom. The molecule has 0 aromatic rings. The number of hydrogen-bond acceptors (Lipinski definition) is 4. The molecule has 86 valence electrons. The van der Waals surface area contributed by atoms with E-state index in [0.29, 0.717) is 0 Å². The average molecular weight is 223 g/mol. The van der Waals surface area contributed by atoms with Crippen LogP contribution in [0.5, 0.6) is 0 Å². The summed E-state index contributed by atoms with van der Waals surface area (Å²) in [5.74, 6) is -1.74. The monoisotopic (exact) mass is 223 g/mol. The summed E-state index contributed by atoms with van der Waals surface area (Å²) in [7, 11) is 2.51. The van der Waals surface area contributed by atoms with Crippen molar-refractivity contribution >= 4 is 17.8 Å². The van der Waals surface area contributed by atoms with Crippen molar-refractivity contribution in [3.63, 3.8) is 0 Å². The van der Waals surface area contributed by atoms with Crippen LogP contribution in [0.15, 0.2) is 37.0 Å². The maximum atomic E-state index is 11.3. The van der Waals surface area contributed by atoms with Crippen LogP contribution in [0, 0.1) is 0 Å². The number of amides is 2. The topological polar surface area (TPSA) is 63.7 Å². The van der Waals surface area contributed by atoms with Crippen molar-refractivity contribution in [2.75, 3.05) is 14.2 Å². The molecule has 0 unspecified atom stereocenters. The van der Waals surface area contributed by atoms with E-state index >= 15 is 0 Å². The number of esters is 1. The molecule has 5 nitrogen and oxygen atoms in total. The number of carbonyl (C=O) groups is 3. The molecule has 0 aliphatic rings. The first-order chi connectivity index (χ1) is 7.43. The zero-order valence-corrected chi connectivity index (χ0v) is 9.23. The predicted molar refractivity (Wildman–Crippen MR) is 58.3 cm³/mol. The summed E-state index contributed by atoms with van der Waals surface area (Å²) in [5.41, 5.74) is 0.0234. The van der Waals surface area contributed by atoms with Gasteiger partial charge < -0.3 is 4.74 Å². The van der Waals surface area contributed by atoms with Gasteiger partial charge in [0.1, 0.15) is 0 Å². The molecule has 0 spiro atoms. The van der Waals surface area contributed by atoms with Gasteiger partial charge in [-0.1, -0.05) is 13.2 Å². The lowest BCUT2D eigenvalue weighted by atomic mass is 10.2. The fourth-order valence-corrected chi connectivity index (χ4v) is 0.728. The highest BCUT2D eigenvalue weighted by Crippen LogP contribution is 1.97. The van der Waals surface area contributed by atoms with Crippen LogP contribution in [0.1, 0.15) is 0 Å². The molecule has 0 aliphatic carbocycles. The van der Waals surface area contributed by atoms with E-state index in [2.05, 4.69) is 17.9 Å². The Hall–Kier alpha value is -2.17. The van der Waals surface area contributed by atoms with E-state index < -0.39 is 17.8 Å². The number of ether oxygens (including phenoxy) is 1. The van der Waals surface area contributed by atoms with E-state index in [1.165, 1.54) is 20.2 Å². The van der Waals surface area contributed by atoms with E-state index in [1.54, 1.807) is 0 Å². The molecule has 0 saturated heterocycles. The van der Waals surface area contributed by atoms with Crippen molar-refractivity contribution in [1.82, 2.24) is 4.90 Å². The number of imide groups is 1. The molecule has 0 fully saturated rings. The molecular formula is C11H13NO4. The second kappa shape index (κ2) is 6.34. The molecule has 5 heteroatoms. The summed E-state index contributed by atoms with van der Waals surface area (Å²) in [6.07, 6.45) is 3.25. The van der Waals surface area contributed by atoms with Crippen LogP contribution in [0.4, 0.5) is 0 Å². The molecule has 0 bridgehead atoms. The third kappa shape index (κ3) is 3.91. The van der Waals surface area contributed by atoms with E-state index in [-0.39, 0.29) is 5.57 Å². The minimum absolute atomic E-state index is 0.0234. The highest BCUT2D eigenvalue weighted by atomic mass is 16.5. The second-order valence-corrected chi connectivity index (χ2v) is 2.79. The zero-order chi connectivity index (χ0) is 12.7. The number of nitrogens with zero attached hydrogens (tertiary/aromatic N) is 1. The third-order valence-electron chi connectivity index (χ3n) is 1.71. The number of carbonyl (C=O) groups excluding carboxylic acids is 3. The van der Waals surface area contributed by atoms with Gasteiger partial charge in [-0.2, -0.15) is 0 Å². The third-order valence-corrected chi connectivity index (χ3v) is 1.71. The van der Waals surface area contributed by atoms with Crippen molar-refractivity contribution < 1.29 is 19.1 Å². The highest BCUT2D eigenvalue weighted by molar-refractivity contribution is 6.05. The molecule has 0 radical (unpaired) electrons. The van der Waals surface area contributed by atoms with Crippen molar-refractivity contribution in [2.24, 2.45) is 0 Å². The molecule has 0 rings (SSSR count). The lowest BCUT2D eigenvalue weighted by Crippen LogP contribution is -2.30. The summed E-state index contributed by atoms with van der Waals surface area (Å²) in [4.78, 5) is 34.1. The van der Waals surface area contributed by atoms with Crippen molar-refractivity contribution in [3.05, 3.63) is 37.0 Å². The van der Waals surface area contributed by atoms with Gasteiger partial charge in [-0.15, -0.1) is 0 Å². The first-order valence-electron chi connectivity index (χ1n) is 4.33. The molecule has 0 aromatic heterocycles. The van der Waals surface area contributed by atoms with Crippen LogP contribution in [0.3, 0.4) is 0 Å². The summed E-state index contributed by atoms with van der Waals surface area (Å²) in [6, 6.07) is 0. The number of likely N-dealkylation sites (N-methyl/N-ethyl adjacent to an activating group) is 1. The Morgan fingerprint density at radius 2 is 1.75 bits per heavy atom. The number of hydrogen-bond donors (Lipinski definition) is 0. The highest BCUT2D eigenvalue weighted by Gasteiger charge is 2.11. The van der Waals surface area contributed by atoms with Gasteiger partial charge in [0, 0.05) is 13.1 Å². The molecular weight excluding hydrogens is 210 g/mol. The SMILES string of the molecule is C=CC(=O)N(C)C(=O)C=CC(=C)C(=O)OC. The molecule has 0 saturated carbocycles. The Labute approximate surface area is 93.7 Å². The standard InChI is InChI=1S/C11H13NO4/c1-5-9(13)12(3)10(14)7-6-8(2)11(15)16-4/h5-7H,1-2H2,3-4H3. The fourth-order valence-electron chi connectivity index (χ4n) is 0.728. The van der Waals surface area contributed by atoms with Gasteiger partial charge in [-0.05, 0) is 12.2 Å². The average Bonchev–Trinajstić information content (AvgIpc) is 2.32. The number of methoxy groups -OCH3 is 1. The molecule has 0 aliphatic heterocycles. The molecule has 0 N–H and O–H groups in total. The normalized spacial score (nSPS) is 9.62. The summed E-state index contributed by atoms with van der Waals surface area (Å²) in [6.45, 7) is 6.63. The summed E-state index contributed by atoms with van der Waals surface area (Å²) < 4.78 is 4.38. The predicted octanol–water partition coefficient (Wildman–Crippen LogP) is 0.443. The van der Waals surface area contributed by atoms with E-state index in [9.17, 15) is 14.4 Å². The Kier molecular flexibility index (Phi) is 5.48. The molecule has 0 atom stereocenters. The first-order valence-corrected chi connectivity index (χ1v) is 4.33. The quantitative estimate of drug-likeness (QED) is 0.394. The van der Waals surface area contributed by atoms with Crippen molar-refractivity contribution in [3.8, 4) is 0 Å². The molecule has 0 heterocycles. The summed E-state index contributed by atoms with van der Waals surface area (Å²) >= 11 is 0. The van der Waals surface area contributed by atoms with Gasteiger partial charge >= 0.3 is 5.97 Å². The van der Waals surface area contributed by atoms with E-state index in [1.807, 2.05) is 0 Å². The smallest absolute Gasteiger partial charge is 0.337 e. The van der Waals surface area contributed by atoms with Gasteiger partial charge in [0.2, 0.25) is 0 Å². The van der Waals surface area contributed by atoms with Crippen molar-refractivity contribution in [2.45, 2.75) is 0 Å². The van der Waals surface area contributed by atoms with Crippen LogP contribution in [0.25, 0.3) is 0 Å². The minimum atomic E-state index is -0.637.